The number of piperazine rings is 1. The minimum absolute atomic E-state index is 0.0538. The van der Waals surface area contributed by atoms with Gasteiger partial charge in [0.25, 0.3) is 0 Å². The van der Waals surface area contributed by atoms with Gasteiger partial charge in [0.05, 0.1) is 16.4 Å². The van der Waals surface area contributed by atoms with Gasteiger partial charge < -0.3 is 4.74 Å². The first-order valence-corrected chi connectivity index (χ1v) is 15.0. The maximum atomic E-state index is 13.4. The molecule has 4 rings (SSSR count). The van der Waals surface area contributed by atoms with Gasteiger partial charge in [0.15, 0.2) is 9.84 Å². The summed E-state index contributed by atoms with van der Waals surface area (Å²) in [6, 6.07) is 17.2. The highest BCUT2D eigenvalue weighted by molar-refractivity contribution is 7.90. The second-order valence-electron chi connectivity index (χ2n) is 8.84. The Morgan fingerprint density at radius 3 is 1.65 bits per heavy atom. The van der Waals surface area contributed by atoms with E-state index in [0.717, 1.165) is 17.4 Å². The van der Waals surface area contributed by atoms with Crippen molar-refractivity contribution in [3.8, 4) is 0 Å². The van der Waals surface area contributed by atoms with Crippen molar-refractivity contribution < 1.29 is 30.4 Å². The first kappa shape index (κ1) is 27.3. The molecule has 0 radical (unpaired) electrons. The zero-order valence-corrected chi connectivity index (χ0v) is 21.9. The van der Waals surface area contributed by atoms with Crippen LogP contribution in [0.1, 0.15) is 17.2 Å². The number of hydrogen-bond acceptors (Lipinski definition) is 6. The van der Waals surface area contributed by atoms with E-state index in [1.165, 1.54) is 52.8 Å². The van der Waals surface area contributed by atoms with Gasteiger partial charge in [0, 0.05) is 39.0 Å². The lowest BCUT2D eigenvalue weighted by atomic mass is 10.0. The van der Waals surface area contributed by atoms with Crippen LogP contribution < -0.4 is 0 Å². The summed E-state index contributed by atoms with van der Waals surface area (Å²) in [5.41, 5.74) is 1.48. The molecular weight excluding hydrogens is 522 g/mol. The van der Waals surface area contributed by atoms with Gasteiger partial charge in [-0.2, -0.15) is 4.31 Å². The Kier molecular flexibility index (Phi) is 8.39. The molecule has 1 fully saturated rings. The minimum atomic E-state index is -3.74. The molecule has 3 aromatic carbocycles. The van der Waals surface area contributed by atoms with Crippen molar-refractivity contribution >= 4 is 19.9 Å². The molecule has 0 aliphatic carbocycles. The Labute approximate surface area is 216 Å². The maximum absolute atomic E-state index is 13.4. The quantitative estimate of drug-likeness (QED) is 0.406. The van der Waals surface area contributed by atoms with Gasteiger partial charge in [-0.15, -0.1) is 0 Å². The van der Waals surface area contributed by atoms with Crippen molar-refractivity contribution in [2.24, 2.45) is 0 Å². The van der Waals surface area contributed by atoms with E-state index in [1.807, 2.05) is 0 Å². The van der Waals surface area contributed by atoms with Crippen LogP contribution in [-0.4, -0.2) is 71.6 Å². The molecule has 1 heterocycles. The van der Waals surface area contributed by atoms with E-state index in [-0.39, 0.29) is 34.5 Å². The average molecular weight is 551 g/mol. The number of sulfone groups is 1. The Bertz CT molecular complexity index is 1360. The molecule has 0 amide bonds. The Morgan fingerprint density at radius 1 is 0.730 bits per heavy atom. The normalized spacial score (nSPS) is 15.8. The summed E-state index contributed by atoms with van der Waals surface area (Å²) >= 11 is 0. The van der Waals surface area contributed by atoms with Crippen LogP contribution >= 0.6 is 0 Å². The fourth-order valence-electron chi connectivity index (χ4n) is 4.16. The third-order valence-corrected chi connectivity index (χ3v) is 9.30. The molecule has 1 aliphatic heterocycles. The summed E-state index contributed by atoms with van der Waals surface area (Å²) in [6.07, 6.45) is 0.568. The largest absolute Gasteiger partial charge is 0.367 e. The van der Waals surface area contributed by atoms with E-state index in [1.54, 1.807) is 24.3 Å². The molecule has 1 saturated heterocycles. The van der Waals surface area contributed by atoms with Crippen molar-refractivity contribution in [1.29, 1.82) is 0 Å². The predicted molar refractivity (Wildman–Crippen MR) is 135 cm³/mol. The molecule has 0 unspecified atom stereocenters. The molecule has 7 nitrogen and oxygen atoms in total. The smallest absolute Gasteiger partial charge is 0.243 e. The molecular formula is C26H28F2N2O5S2. The number of hydrogen-bond donors (Lipinski definition) is 0. The number of sulfonamides is 1. The van der Waals surface area contributed by atoms with Gasteiger partial charge in [-0.05, 0) is 59.7 Å². The molecule has 0 bridgehead atoms. The number of nitrogens with zero attached hydrogens (tertiary/aromatic N) is 2. The molecule has 11 heteroatoms. The van der Waals surface area contributed by atoms with E-state index in [2.05, 4.69) is 4.90 Å². The van der Waals surface area contributed by atoms with E-state index < -0.39 is 26.0 Å². The molecule has 3 aromatic rings. The summed E-state index contributed by atoms with van der Waals surface area (Å²) < 4.78 is 83.6. The Balaban J connectivity index is 1.34. The summed E-state index contributed by atoms with van der Waals surface area (Å²) in [4.78, 5) is 2.21. The van der Waals surface area contributed by atoms with Crippen LogP contribution in [0, 0.1) is 11.6 Å². The third kappa shape index (κ3) is 6.79. The molecule has 1 aliphatic rings. The number of benzene rings is 3. The van der Waals surface area contributed by atoms with Crippen LogP contribution in [0.3, 0.4) is 0 Å². The van der Waals surface area contributed by atoms with Crippen molar-refractivity contribution in [3.63, 3.8) is 0 Å². The van der Waals surface area contributed by atoms with Gasteiger partial charge in [-0.3, -0.25) is 4.90 Å². The highest BCUT2D eigenvalue weighted by Gasteiger charge is 2.29. The summed E-state index contributed by atoms with van der Waals surface area (Å²) in [7, 11) is -7.15. The van der Waals surface area contributed by atoms with E-state index in [0.29, 0.717) is 26.2 Å². The SMILES string of the molecule is CS(=O)(=O)c1ccc(S(=O)(=O)N2CCN(CCOC(c3ccc(F)cc3)c3ccc(F)cc3)CC2)cc1. The predicted octanol–water partition coefficient (Wildman–Crippen LogP) is 3.48. The van der Waals surface area contributed by atoms with Gasteiger partial charge in [-0.25, -0.2) is 25.6 Å². The van der Waals surface area contributed by atoms with Crippen LogP contribution in [0.15, 0.2) is 82.6 Å². The lowest BCUT2D eigenvalue weighted by Gasteiger charge is -2.34. The summed E-state index contributed by atoms with van der Waals surface area (Å²) in [6.45, 7) is 2.46. The molecule has 0 aromatic heterocycles. The van der Waals surface area contributed by atoms with Crippen molar-refractivity contribution in [3.05, 3.63) is 95.6 Å². The highest BCUT2D eigenvalue weighted by atomic mass is 32.2. The van der Waals surface area contributed by atoms with Crippen molar-refractivity contribution in [2.45, 2.75) is 15.9 Å². The van der Waals surface area contributed by atoms with Gasteiger partial charge >= 0.3 is 0 Å². The van der Waals surface area contributed by atoms with Crippen molar-refractivity contribution in [2.75, 3.05) is 45.6 Å². The van der Waals surface area contributed by atoms with Gasteiger partial charge in [0.1, 0.15) is 17.7 Å². The fraction of sp³-hybridized carbons (Fsp3) is 0.308. The Hall–Kier alpha value is -2.70. The zero-order valence-electron chi connectivity index (χ0n) is 20.3. The Morgan fingerprint density at radius 2 is 1.19 bits per heavy atom. The average Bonchev–Trinajstić information content (AvgIpc) is 2.88. The second kappa shape index (κ2) is 11.4. The number of ether oxygens (including phenoxy) is 1. The van der Waals surface area contributed by atoms with Gasteiger partial charge in [-0.1, -0.05) is 24.3 Å². The fourth-order valence-corrected chi connectivity index (χ4v) is 6.21. The van der Waals surface area contributed by atoms with Crippen LogP contribution in [-0.2, 0) is 24.6 Å². The highest BCUT2D eigenvalue weighted by Crippen LogP contribution is 2.27. The van der Waals surface area contributed by atoms with Gasteiger partial charge in [0.2, 0.25) is 10.0 Å². The lowest BCUT2D eigenvalue weighted by molar-refractivity contribution is 0.0526. The summed E-state index contributed by atoms with van der Waals surface area (Å²) in [5, 5.41) is 0. The number of halogens is 2. The minimum Gasteiger partial charge on any atom is -0.367 e. The molecule has 0 saturated carbocycles. The zero-order chi connectivity index (χ0) is 26.6. The van der Waals surface area contributed by atoms with Crippen LogP contribution in [0.5, 0.6) is 0 Å². The molecule has 37 heavy (non-hydrogen) atoms. The first-order valence-electron chi connectivity index (χ1n) is 11.7. The maximum Gasteiger partial charge on any atom is 0.243 e. The monoisotopic (exact) mass is 550 g/mol. The molecule has 0 spiro atoms. The van der Waals surface area contributed by atoms with E-state index >= 15 is 0 Å². The molecule has 198 valence electrons. The first-order chi connectivity index (χ1) is 17.5. The van der Waals surface area contributed by atoms with Crippen LogP contribution in [0.25, 0.3) is 0 Å². The van der Waals surface area contributed by atoms with Crippen molar-refractivity contribution in [1.82, 2.24) is 9.21 Å². The van der Waals surface area contributed by atoms with Crippen LogP contribution in [0.2, 0.25) is 0 Å². The topological polar surface area (TPSA) is 84.0 Å². The molecule has 0 atom stereocenters. The standard InChI is InChI=1S/C26H28F2N2O5S2/c1-36(31,32)24-10-12-25(13-11-24)37(33,34)30-16-14-29(15-17-30)18-19-35-26(20-2-6-22(27)7-3-20)21-4-8-23(28)9-5-21/h2-13,26H,14-19H2,1H3. The van der Waals surface area contributed by atoms with Crippen LogP contribution in [0.4, 0.5) is 8.78 Å². The molecule has 0 N–H and O–H groups in total. The number of rotatable bonds is 9. The second-order valence-corrected chi connectivity index (χ2v) is 12.8. The third-order valence-electron chi connectivity index (χ3n) is 6.26. The summed E-state index contributed by atoms with van der Waals surface area (Å²) in [5.74, 6) is -0.721. The van der Waals surface area contributed by atoms with E-state index in [4.69, 9.17) is 4.74 Å². The van der Waals surface area contributed by atoms with E-state index in [9.17, 15) is 25.6 Å². The lowest BCUT2D eigenvalue weighted by Crippen LogP contribution is -2.49.